The topological polar surface area (TPSA) is 97.5 Å². The van der Waals surface area contributed by atoms with Gasteiger partial charge in [0, 0.05) is 33.7 Å². The number of nitro benzene ring substituents is 1. The highest BCUT2D eigenvalue weighted by Crippen LogP contribution is 2.25. The molecule has 8 heteroatoms. The SMILES string of the molecule is Cc1ccc(C=NNC(=O)CSc2cccc3cccnc23)cc1[N+](=O)[O-]. The largest absolute Gasteiger partial charge is 0.272 e. The standard InChI is InChI=1S/C19H16N4O3S/c1-13-7-8-14(10-16(13)23(25)26)11-21-22-18(24)12-27-17-6-2-4-15-5-3-9-20-19(15)17/h2-11H,12H2,1H3,(H,22,24). The Bertz CT molecular complexity index is 1030. The van der Waals surface area contributed by atoms with Gasteiger partial charge in [-0.15, -0.1) is 11.8 Å². The molecule has 1 aromatic heterocycles. The summed E-state index contributed by atoms with van der Waals surface area (Å²) in [6, 6.07) is 14.4. The number of pyridine rings is 1. The minimum absolute atomic E-state index is 0.0179. The van der Waals surface area contributed by atoms with Gasteiger partial charge in [-0.05, 0) is 19.1 Å². The predicted octanol–water partition coefficient (Wildman–Crippen LogP) is 3.69. The zero-order chi connectivity index (χ0) is 19.2. The number of nitro groups is 1. The Morgan fingerprint density at radius 2 is 2.11 bits per heavy atom. The first kappa shape index (κ1) is 18.5. The van der Waals surface area contributed by atoms with E-state index in [9.17, 15) is 14.9 Å². The van der Waals surface area contributed by atoms with Gasteiger partial charge in [0.1, 0.15) is 0 Å². The van der Waals surface area contributed by atoms with Gasteiger partial charge < -0.3 is 0 Å². The van der Waals surface area contributed by atoms with E-state index in [1.54, 1.807) is 25.3 Å². The monoisotopic (exact) mass is 380 g/mol. The molecule has 0 fully saturated rings. The number of hydrogen-bond acceptors (Lipinski definition) is 6. The third-order valence-electron chi connectivity index (χ3n) is 3.79. The molecule has 1 amide bonds. The molecule has 3 rings (SSSR count). The van der Waals surface area contributed by atoms with Crippen LogP contribution in [0.2, 0.25) is 0 Å². The van der Waals surface area contributed by atoms with Crippen LogP contribution in [0.4, 0.5) is 5.69 Å². The van der Waals surface area contributed by atoms with Gasteiger partial charge in [0.05, 0.1) is 22.4 Å². The van der Waals surface area contributed by atoms with E-state index in [0.29, 0.717) is 11.1 Å². The van der Waals surface area contributed by atoms with Gasteiger partial charge in [0.25, 0.3) is 5.69 Å². The number of para-hydroxylation sites is 1. The van der Waals surface area contributed by atoms with Gasteiger partial charge in [-0.25, -0.2) is 5.43 Å². The van der Waals surface area contributed by atoms with Crippen molar-refractivity contribution >= 4 is 40.5 Å². The summed E-state index contributed by atoms with van der Waals surface area (Å²) in [4.78, 5) is 27.8. The summed E-state index contributed by atoms with van der Waals surface area (Å²) >= 11 is 1.37. The van der Waals surface area contributed by atoms with Gasteiger partial charge in [-0.3, -0.25) is 19.9 Å². The molecule has 0 unspecified atom stereocenters. The lowest BCUT2D eigenvalue weighted by atomic mass is 10.1. The maximum absolute atomic E-state index is 12.0. The third kappa shape index (κ3) is 4.68. The van der Waals surface area contributed by atoms with Crippen LogP contribution in [0.15, 0.2) is 64.7 Å². The van der Waals surface area contributed by atoms with Crippen LogP contribution >= 0.6 is 11.8 Å². The number of fused-ring (bicyclic) bond motifs is 1. The number of aromatic nitrogens is 1. The summed E-state index contributed by atoms with van der Waals surface area (Å²) < 4.78 is 0. The van der Waals surface area contributed by atoms with E-state index in [4.69, 9.17) is 0 Å². The number of carbonyl (C=O) groups excluding carboxylic acids is 1. The zero-order valence-corrected chi connectivity index (χ0v) is 15.3. The highest BCUT2D eigenvalue weighted by Gasteiger charge is 2.10. The lowest BCUT2D eigenvalue weighted by molar-refractivity contribution is -0.385. The highest BCUT2D eigenvalue weighted by atomic mass is 32.2. The number of carbonyl (C=O) groups is 1. The lowest BCUT2D eigenvalue weighted by Gasteiger charge is -2.04. The summed E-state index contributed by atoms with van der Waals surface area (Å²) in [6.07, 6.45) is 3.10. The van der Waals surface area contributed by atoms with E-state index in [1.807, 2.05) is 30.3 Å². The van der Waals surface area contributed by atoms with E-state index < -0.39 is 4.92 Å². The highest BCUT2D eigenvalue weighted by molar-refractivity contribution is 8.00. The first-order valence-corrected chi connectivity index (χ1v) is 9.06. The van der Waals surface area contributed by atoms with Crippen LogP contribution in [0.25, 0.3) is 10.9 Å². The Morgan fingerprint density at radius 1 is 1.30 bits per heavy atom. The first-order chi connectivity index (χ1) is 13.0. The van der Waals surface area contributed by atoms with Gasteiger partial charge in [-0.2, -0.15) is 5.10 Å². The fourth-order valence-corrected chi connectivity index (χ4v) is 3.28. The number of nitrogens with one attached hydrogen (secondary N) is 1. The molecule has 0 saturated heterocycles. The fourth-order valence-electron chi connectivity index (χ4n) is 2.45. The number of rotatable bonds is 6. The van der Waals surface area contributed by atoms with Crippen molar-refractivity contribution in [2.45, 2.75) is 11.8 Å². The van der Waals surface area contributed by atoms with E-state index in [1.165, 1.54) is 24.0 Å². The number of nitrogens with zero attached hydrogens (tertiary/aromatic N) is 3. The van der Waals surface area contributed by atoms with E-state index in [2.05, 4.69) is 15.5 Å². The van der Waals surface area contributed by atoms with Crippen LogP contribution in [0.3, 0.4) is 0 Å². The van der Waals surface area contributed by atoms with Gasteiger partial charge >= 0.3 is 0 Å². The molecule has 1 N–H and O–H groups in total. The van der Waals surface area contributed by atoms with Crippen LogP contribution in [-0.4, -0.2) is 27.8 Å². The molecule has 0 aliphatic rings. The Labute approximate surface area is 159 Å². The number of benzene rings is 2. The van der Waals surface area contributed by atoms with Gasteiger partial charge in [0.15, 0.2) is 0 Å². The minimum atomic E-state index is -0.444. The number of aryl methyl sites for hydroxylation is 1. The Kier molecular flexibility index (Phi) is 5.77. The molecule has 0 spiro atoms. The van der Waals surface area contributed by atoms with Crippen LogP contribution in [-0.2, 0) is 4.79 Å². The summed E-state index contributed by atoms with van der Waals surface area (Å²) in [6.45, 7) is 1.67. The van der Waals surface area contributed by atoms with E-state index in [-0.39, 0.29) is 17.3 Å². The zero-order valence-electron chi connectivity index (χ0n) is 14.5. The number of hydrogen-bond donors (Lipinski definition) is 1. The van der Waals surface area contributed by atoms with Crippen LogP contribution < -0.4 is 5.43 Å². The molecule has 0 saturated carbocycles. The Hall–Kier alpha value is -3.26. The second-order valence-electron chi connectivity index (χ2n) is 5.72. The second kappa shape index (κ2) is 8.41. The average molecular weight is 380 g/mol. The maximum atomic E-state index is 12.0. The van der Waals surface area contributed by atoms with Crippen molar-refractivity contribution in [2.75, 3.05) is 5.75 Å². The molecule has 0 aliphatic heterocycles. The Morgan fingerprint density at radius 3 is 2.93 bits per heavy atom. The average Bonchev–Trinajstić information content (AvgIpc) is 2.67. The summed E-state index contributed by atoms with van der Waals surface area (Å²) in [7, 11) is 0. The quantitative estimate of drug-likeness (QED) is 0.304. The molecular weight excluding hydrogens is 364 g/mol. The van der Waals surface area contributed by atoms with Crippen molar-refractivity contribution < 1.29 is 9.72 Å². The maximum Gasteiger partial charge on any atom is 0.272 e. The summed E-state index contributed by atoms with van der Waals surface area (Å²) in [5, 5.41) is 15.8. The van der Waals surface area contributed by atoms with Crippen LogP contribution in [0, 0.1) is 17.0 Å². The van der Waals surface area contributed by atoms with Crippen molar-refractivity contribution in [1.29, 1.82) is 0 Å². The van der Waals surface area contributed by atoms with Gasteiger partial charge in [-0.1, -0.05) is 30.3 Å². The fraction of sp³-hybridized carbons (Fsp3) is 0.105. The number of thioether (sulfide) groups is 1. The summed E-state index contributed by atoms with van der Waals surface area (Å²) in [5.41, 5.74) is 4.42. The molecule has 7 nitrogen and oxygen atoms in total. The molecule has 0 atom stereocenters. The summed E-state index contributed by atoms with van der Waals surface area (Å²) in [5.74, 6) is -0.0908. The predicted molar refractivity (Wildman–Crippen MR) is 106 cm³/mol. The van der Waals surface area contributed by atoms with Crippen molar-refractivity contribution in [3.63, 3.8) is 0 Å². The lowest BCUT2D eigenvalue weighted by Crippen LogP contribution is -2.19. The molecule has 0 radical (unpaired) electrons. The van der Waals surface area contributed by atoms with E-state index >= 15 is 0 Å². The Balaban J connectivity index is 1.59. The molecule has 0 aliphatic carbocycles. The second-order valence-corrected chi connectivity index (χ2v) is 6.73. The number of amides is 1. The normalized spacial score (nSPS) is 11.0. The van der Waals surface area contributed by atoms with Crippen molar-refractivity contribution in [1.82, 2.24) is 10.4 Å². The van der Waals surface area contributed by atoms with E-state index in [0.717, 1.165) is 15.8 Å². The van der Waals surface area contributed by atoms with Crippen LogP contribution in [0.1, 0.15) is 11.1 Å². The third-order valence-corrected chi connectivity index (χ3v) is 4.83. The van der Waals surface area contributed by atoms with Crippen molar-refractivity contribution in [3.8, 4) is 0 Å². The first-order valence-electron chi connectivity index (χ1n) is 8.08. The van der Waals surface area contributed by atoms with Gasteiger partial charge in [0.2, 0.25) is 5.91 Å². The minimum Gasteiger partial charge on any atom is -0.272 e. The molecule has 2 aromatic carbocycles. The molecule has 27 heavy (non-hydrogen) atoms. The molecule has 0 bridgehead atoms. The molecular formula is C19H16N4O3S. The molecule has 1 heterocycles. The smallest absolute Gasteiger partial charge is 0.272 e. The molecule has 3 aromatic rings. The number of hydrazone groups is 1. The molecule has 136 valence electrons. The van der Waals surface area contributed by atoms with Crippen molar-refractivity contribution in [2.24, 2.45) is 5.10 Å². The van der Waals surface area contributed by atoms with Crippen molar-refractivity contribution in [3.05, 3.63) is 76.0 Å². The van der Waals surface area contributed by atoms with Crippen LogP contribution in [0.5, 0.6) is 0 Å².